The molecule has 0 aliphatic heterocycles. The van der Waals surface area contributed by atoms with Crippen molar-refractivity contribution in [3.05, 3.63) is 54.4 Å². The standard InChI is InChI=1S/C15H14N2/c1-12(7-8-16)13-4-2-5-14(10-13)15-6-3-9-17-11-15/h2-6,9-12H,7H2,1H3. The van der Waals surface area contributed by atoms with Crippen LogP contribution >= 0.6 is 0 Å². The smallest absolute Gasteiger partial charge is 0.0628 e. The summed E-state index contributed by atoms with van der Waals surface area (Å²) in [5.74, 6) is 0.275. The summed E-state index contributed by atoms with van der Waals surface area (Å²) >= 11 is 0. The maximum atomic E-state index is 8.72. The fourth-order valence-corrected chi connectivity index (χ4v) is 1.81. The fraction of sp³-hybridized carbons (Fsp3) is 0.200. The number of hydrogen-bond acceptors (Lipinski definition) is 2. The highest BCUT2D eigenvalue weighted by Gasteiger charge is 2.06. The van der Waals surface area contributed by atoms with Crippen LogP contribution in [0.5, 0.6) is 0 Å². The minimum Gasteiger partial charge on any atom is -0.264 e. The van der Waals surface area contributed by atoms with Gasteiger partial charge in [0.25, 0.3) is 0 Å². The molecule has 84 valence electrons. The molecule has 0 spiro atoms. The van der Waals surface area contributed by atoms with Crippen LogP contribution in [0, 0.1) is 11.3 Å². The van der Waals surface area contributed by atoms with E-state index in [1.165, 1.54) is 5.56 Å². The van der Waals surface area contributed by atoms with Gasteiger partial charge in [-0.3, -0.25) is 4.98 Å². The zero-order valence-corrected chi connectivity index (χ0v) is 9.80. The predicted octanol–water partition coefficient (Wildman–Crippen LogP) is 3.77. The first kappa shape index (κ1) is 11.3. The lowest BCUT2D eigenvalue weighted by atomic mass is 9.95. The van der Waals surface area contributed by atoms with Gasteiger partial charge >= 0.3 is 0 Å². The molecule has 0 radical (unpaired) electrons. The first-order valence-electron chi connectivity index (χ1n) is 5.68. The highest BCUT2D eigenvalue weighted by Crippen LogP contribution is 2.24. The number of benzene rings is 1. The number of rotatable bonds is 3. The van der Waals surface area contributed by atoms with Gasteiger partial charge in [0.15, 0.2) is 0 Å². The molecule has 2 rings (SSSR count). The molecule has 1 aromatic heterocycles. The van der Waals surface area contributed by atoms with Gasteiger partial charge in [-0.15, -0.1) is 0 Å². The average Bonchev–Trinajstić information content (AvgIpc) is 2.40. The van der Waals surface area contributed by atoms with Crippen LogP contribution in [-0.2, 0) is 0 Å². The normalized spacial score (nSPS) is 11.8. The maximum absolute atomic E-state index is 8.72. The molecule has 0 bridgehead atoms. The molecule has 2 heteroatoms. The number of nitrogens with zero attached hydrogens (tertiary/aromatic N) is 2. The van der Waals surface area contributed by atoms with E-state index in [-0.39, 0.29) is 5.92 Å². The van der Waals surface area contributed by atoms with Crippen LogP contribution in [0.3, 0.4) is 0 Å². The summed E-state index contributed by atoms with van der Waals surface area (Å²) in [4.78, 5) is 4.12. The van der Waals surface area contributed by atoms with Crippen LogP contribution in [-0.4, -0.2) is 4.98 Å². The molecular weight excluding hydrogens is 208 g/mol. The maximum Gasteiger partial charge on any atom is 0.0628 e. The van der Waals surface area contributed by atoms with Gasteiger partial charge in [-0.2, -0.15) is 5.26 Å². The van der Waals surface area contributed by atoms with Crippen molar-refractivity contribution in [2.24, 2.45) is 0 Å². The quantitative estimate of drug-likeness (QED) is 0.792. The highest BCUT2D eigenvalue weighted by molar-refractivity contribution is 5.63. The number of hydrogen-bond donors (Lipinski definition) is 0. The van der Waals surface area contributed by atoms with Gasteiger partial charge in [-0.1, -0.05) is 37.3 Å². The van der Waals surface area contributed by atoms with E-state index in [4.69, 9.17) is 5.26 Å². The zero-order chi connectivity index (χ0) is 12.1. The van der Waals surface area contributed by atoms with E-state index in [2.05, 4.69) is 36.2 Å². The third-order valence-electron chi connectivity index (χ3n) is 2.85. The first-order chi connectivity index (χ1) is 8.31. The largest absolute Gasteiger partial charge is 0.264 e. The lowest BCUT2D eigenvalue weighted by molar-refractivity contribution is 0.789. The van der Waals surface area contributed by atoms with Crippen molar-refractivity contribution in [3.8, 4) is 17.2 Å². The van der Waals surface area contributed by atoms with Crippen LogP contribution in [0.15, 0.2) is 48.8 Å². The molecule has 0 fully saturated rings. The molecule has 1 heterocycles. The SMILES string of the molecule is CC(CC#N)c1cccc(-c2cccnc2)c1. The van der Waals surface area contributed by atoms with Crippen LogP contribution in [0.2, 0.25) is 0 Å². The van der Waals surface area contributed by atoms with Gasteiger partial charge < -0.3 is 0 Å². The van der Waals surface area contributed by atoms with Gasteiger partial charge in [0.2, 0.25) is 0 Å². The van der Waals surface area contributed by atoms with E-state index in [0.29, 0.717) is 6.42 Å². The Morgan fingerprint density at radius 3 is 2.76 bits per heavy atom. The Morgan fingerprint density at radius 2 is 2.06 bits per heavy atom. The summed E-state index contributed by atoms with van der Waals surface area (Å²) < 4.78 is 0. The lowest BCUT2D eigenvalue weighted by Crippen LogP contribution is -1.92. The van der Waals surface area contributed by atoms with Gasteiger partial charge in [0.1, 0.15) is 0 Å². The molecule has 0 aliphatic carbocycles. The summed E-state index contributed by atoms with van der Waals surface area (Å²) in [5, 5.41) is 8.72. The molecule has 17 heavy (non-hydrogen) atoms. The third kappa shape index (κ3) is 2.70. The van der Waals surface area contributed by atoms with Crippen LogP contribution in [0.25, 0.3) is 11.1 Å². The second-order valence-corrected chi connectivity index (χ2v) is 4.13. The Labute approximate surface area is 102 Å². The third-order valence-corrected chi connectivity index (χ3v) is 2.85. The fourth-order valence-electron chi connectivity index (χ4n) is 1.81. The summed E-state index contributed by atoms with van der Waals surface area (Å²) in [6, 6.07) is 14.5. The predicted molar refractivity (Wildman–Crippen MR) is 68.3 cm³/mol. The number of nitriles is 1. The molecule has 1 aromatic carbocycles. The molecule has 2 aromatic rings. The van der Waals surface area contributed by atoms with Crippen LogP contribution in [0.4, 0.5) is 0 Å². The Balaban J connectivity index is 2.33. The van der Waals surface area contributed by atoms with Crippen molar-refractivity contribution in [2.45, 2.75) is 19.3 Å². The van der Waals surface area contributed by atoms with E-state index in [1.807, 2.05) is 24.4 Å². The van der Waals surface area contributed by atoms with Crippen LogP contribution < -0.4 is 0 Å². The topological polar surface area (TPSA) is 36.7 Å². The Kier molecular flexibility index (Phi) is 3.52. The number of aromatic nitrogens is 1. The average molecular weight is 222 g/mol. The van der Waals surface area contributed by atoms with E-state index < -0.39 is 0 Å². The van der Waals surface area contributed by atoms with Crippen molar-refractivity contribution in [3.63, 3.8) is 0 Å². The molecule has 0 saturated carbocycles. The van der Waals surface area contributed by atoms with E-state index in [1.54, 1.807) is 6.20 Å². The van der Waals surface area contributed by atoms with Gasteiger partial charge in [0.05, 0.1) is 6.07 Å². The molecule has 1 atom stereocenters. The lowest BCUT2D eigenvalue weighted by Gasteiger charge is -2.09. The van der Waals surface area contributed by atoms with Crippen molar-refractivity contribution in [2.75, 3.05) is 0 Å². The molecule has 0 aliphatic rings. The van der Waals surface area contributed by atoms with E-state index in [0.717, 1.165) is 11.1 Å². The summed E-state index contributed by atoms with van der Waals surface area (Å²) in [6.07, 6.45) is 4.18. The van der Waals surface area contributed by atoms with Crippen molar-refractivity contribution < 1.29 is 0 Å². The molecule has 0 N–H and O–H groups in total. The van der Waals surface area contributed by atoms with E-state index >= 15 is 0 Å². The summed E-state index contributed by atoms with van der Waals surface area (Å²) in [7, 11) is 0. The van der Waals surface area contributed by atoms with Crippen molar-refractivity contribution in [1.82, 2.24) is 4.98 Å². The van der Waals surface area contributed by atoms with Crippen molar-refractivity contribution in [1.29, 1.82) is 5.26 Å². The van der Waals surface area contributed by atoms with E-state index in [9.17, 15) is 0 Å². The number of pyridine rings is 1. The Morgan fingerprint density at radius 1 is 1.24 bits per heavy atom. The monoisotopic (exact) mass is 222 g/mol. The summed E-state index contributed by atoms with van der Waals surface area (Å²) in [5.41, 5.74) is 3.46. The van der Waals surface area contributed by atoms with Crippen molar-refractivity contribution >= 4 is 0 Å². The Hall–Kier alpha value is -2.14. The minimum absolute atomic E-state index is 0.275. The van der Waals surface area contributed by atoms with Crippen LogP contribution in [0.1, 0.15) is 24.8 Å². The molecule has 2 nitrogen and oxygen atoms in total. The Bertz CT molecular complexity index is 526. The minimum atomic E-state index is 0.275. The summed E-state index contributed by atoms with van der Waals surface area (Å²) in [6.45, 7) is 2.07. The molecule has 0 saturated heterocycles. The highest BCUT2D eigenvalue weighted by atomic mass is 14.6. The van der Waals surface area contributed by atoms with Gasteiger partial charge in [-0.05, 0) is 28.7 Å². The van der Waals surface area contributed by atoms with Gasteiger partial charge in [-0.25, -0.2) is 0 Å². The second kappa shape index (κ2) is 5.27. The zero-order valence-electron chi connectivity index (χ0n) is 9.80. The molecule has 0 amide bonds. The first-order valence-corrected chi connectivity index (χ1v) is 5.68. The second-order valence-electron chi connectivity index (χ2n) is 4.13. The molecular formula is C15H14N2. The molecule has 1 unspecified atom stereocenters. The van der Waals surface area contributed by atoms with Gasteiger partial charge in [0, 0.05) is 18.8 Å².